The van der Waals surface area contributed by atoms with Crippen LogP contribution in [-0.4, -0.2) is 12.1 Å². The van der Waals surface area contributed by atoms with Gasteiger partial charge in [0.2, 0.25) is 0 Å². The van der Waals surface area contributed by atoms with E-state index in [-0.39, 0.29) is 0 Å². The molecule has 0 fully saturated rings. The van der Waals surface area contributed by atoms with Gasteiger partial charge in [0.05, 0.1) is 12.6 Å². The Balaban J connectivity index is 2.65. The lowest BCUT2D eigenvalue weighted by Crippen LogP contribution is -2.11. The molecule has 0 aliphatic heterocycles. The van der Waals surface area contributed by atoms with Gasteiger partial charge in [-0.05, 0) is 29.7 Å². The Morgan fingerprint density at radius 2 is 2.06 bits per heavy atom. The first-order chi connectivity index (χ1) is 8.15. The van der Waals surface area contributed by atoms with Crippen LogP contribution >= 0.6 is 0 Å². The molecule has 0 radical (unpaired) electrons. The number of hydrogen-bond acceptors (Lipinski definition) is 4. The van der Waals surface area contributed by atoms with Crippen molar-refractivity contribution < 1.29 is 4.74 Å². The molecule has 0 aliphatic rings. The van der Waals surface area contributed by atoms with E-state index in [1.807, 2.05) is 18.2 Å². The summed E-state index contributed by atoms with van der Waals surface area (Å²) < 4.78 is 5.18. The van der Waals surface area contributed by atoms with Crippen LogP contribution in [0.25, 0.3) is 10.9 Å². The van der Waals surface area contributed by atoms with Crippen molar-refractivity contribution in [1.29, 1.82) is 0 Å². The molecular weight excluding hydrogens is 214 g/mol. The Kier molecular flexibility index (Phi) is 3.15. The summed E-state index contributed by atoms with van der Waals surface area (Å²) in [5.74, 6) is 7.40. The average Bonchev–Trinajstić information content (AvgIpc) is 2.36. The lowest BCUT2D eigenvalue weighted by molar-refractivity contribution is 0.415. The van der Waals surface area contributed by atoms with E-state index in [0.29, 0.717) is 5.92 Å². The van der Waals surface area contributed by atoms with Gasteiger partial charge in [-0.1, -0.05) is 13.8 Å². The third-order valence-corrected chi connectivity index (χ3v) is 2.81. The number of nitrogens with two attached hydrogens (primary N) is 1. The zero-order chi connectivity index (χ0) is 12.4. The molecule has 4 nitrogen and oxygen atoms in total. The van der Waals surface area contributed by atoms with E-state index < -0.39 is 0 Å². The normalized spacial score (nSPS) is 10.9. The van der Waals surface area contributed by atoms with E-state index in [9.17, 15) is 0 Å². The van der Waals surface area contributed by atoms with E-state index in [2.05, 4.69) is 30.3 Å². The Morgan fingerprint density at radius 3 is 2.65 bits per heavy atom. The van der Waals surface area contributed by atoms with Crippen LogP contribution in [0.15, 0.2) is 24.3 Å². The van der Waals surface area contributed by atoms with Crippen LogP contribution in [-0.2, 0) is 0 Å². The molecule has 0 saturated heterocycles. The monoisotopic (exact) mass is 231 g/mol. The van der Waals surface area contributed by atoms with Crippen LogP contribution in [0.2, 0.25) is 0 Å². The minimum atomic E-state index is 0.375. The zero-order valence-corrected chi connectivity index (χ0v) is 10.3. The molecule has 3 N–H and O–H groups in total. The van der Waals surface area contributed by atoms with Crippen molar-refractivity contribution in [2.24, 2.45) is 5.84 Å². The molecule has 90 valence electrons. The fourth-order valence-corrected chi connectivity index (χ4v) is 1.85. The molecule has 0 saturated carbocycles. The van der Waals surface area contributed by atoms with Gasteiger partial charge >= 0.3 is 0 Å². The molecule has 17 heavy (non-hydrogen) atoms. The maximum Gasteiger partial charge on any atom is 0.144 e. The third kappa shape index (κ3) is 2.17. The average molecular weight is 231 g/mol. The highest BCUT2D eigenvalue weighted by Gasteiger charge is 2.09. The Labute approximate surface area is 101 Å². The number of anilines is 1. The molecule has 0 amide bonds. The molecule has 2 rings (SSSR count). The summed E-state index contributed by atoms with van der Waals surface area (Å²) in [5.41, 5.74) is 4.65. The number of fused-ring (bicyclic) bond motifs is 1. The summed E-state index contributed by atoms with van der Waals surface area (Å²) in [6.07, 6.45) is 0. The SMILES string of the molecule is COc1ccc2cc(C(C)C)c(NN)nc2c1. The van der Waals surface area contributed by atoms with Crippen molar-refractivity contribution >= 4 is 16.7 Å². The standard InChI is InChI=1S/C13H17N3O/c1-8(2)11-6-9-4-5-10(17-3)7-12(9)15-13(11)16-14/h4-8H,14H2,1-3H3,(H,15,16). The van der Waals surface area contributed by atoms with Gasteiger partial charge in [0, 0.05) is 11.5 Å². The van der Waals surface area contributed by atoms with E-state index in [1.165, 1.54) is 0 Å². The predicted octanol–water partition coefficient (Wildman–Crippen LogP) is 2.65. The Morgan fingerprint density at radius 1 is 1.29 bits per heavy atom. The van der Waals surface area contributed by atoms with E-state index in [4.69, 9.17) is 10.6 Å². The number of methoxy groups -OCH3 is 1. The van der Waals surface area contributed by atoms with Gasteiger partial charge in [0.25, 0.3) is 0 Å². The quantitative estimate of drug-likeness (QED) is 0.629. The first kappa shape index (κ1) is 11.7. The van der Waals surface area contributed by atoms with Crippen LogP contribution in [0.5, 0.6) is 5.75 Å². The number of aromatic nitrogens is 1. The minimum absolute atomic E-state index is 0.375. The van der Waals surface area contributed by atoms with Crippen molar-refractivity contribution in [2.45, 2.75) is 19.8 Å². The molecule has 0 atom stereocenters. The number of hydrogen-bond donors (Lipinski definition) is 2. The van der Waals surface area contributed by atoms with Crippen LogP contribution in [0, 0.1) is 0 Å². The first-order valence-corrected chi connectivity index (χ1v) is 5.61. The highest BCUT2D eigenvalue weighted by molar-refractivity contribution is 5.83. The van der Waals surface area contributed by atoms with Gasteiger partial charge in [0.15, 0.2) is 0 Å². The molecule has 1 heterocycles. The maximum atomic E-state index is 5.51. The van der Waals surface area contributed by atoms with Gasteiger partial charge in [0.1, 0.15) is 11.6 Å². The van der Waals surface area contributed by atoms with Crippen molar-refractivity contribution in [3.05, 3.63) is 29.8 Å². The van der Waals surface area contributed by atoms with Gasteiger partial charge in [-0.15, -0.1) is 0 Å². The second kappa shape index (κ2) is 4.59. The molecule has 0 aliphatic carbocycles. The molecule has 0 unspecified atom stereocenters. The third-order valence-electron chi connectivity index (χ3n) is 2.81. The van der Waals surface area contributed by atoms with Crippen LogP contribution < -0.4 is 16.0 Å². The fraction of sp³-hybridized carbons (Fsp3) is 0.308. The van der Waals surface area contributed by atoms with E-state index in [1.54, 1.807) is 7.11 Å². The Hall–Kier alpha value is -1.81. The lowest BCUT2D eigenvalue weighted by Gasteiger charge is -2.13. The highest BCUT2D eigenvalue weighted by atomic mass is 16.5. The van der Waals surface area contributed by atoms with E-state index in [0.717, 1.165) is 28.0 Å². The summed E-state index contributed by atoms with van der Waals surface area (Å²) >= 11 is 0. The molecule has 2 aromatic rings. The van der Waals surface area contributed by atoms with Gasteiger partial charge in [-0.3, -0.25) is 0 Å². The summed E-state index contributed by atoms with van der Waals surface area (Å²) in [6.45, 7) is 4.24. The first-order valence-electron chi connectivity index (χ1n) is 5.61. The van der Waals surface area contributed by atoms with E-state index >= 15 is 0 Å². The van der Waals surface area contributed by atoms with Crippen LogP contribution in [0.3, 0.4) is 0 Å². The van der Waals surface area contributed by atoms with Gasteiger partial charge in [-0.2, -0.15) is 0 Å². The maximum absolute atomic E-state index is 5.51. The number of nitrogen functional groups attached to an aromatic ring is 1. The van der Waals surface area contributed by atoms with Crippen molar-refractivity contribution in [3.8, 4) is 5.75 Å². The number of nitrogens with zero attached hydrogens (tertiary/aromatic N) is 1. The number of benzene rings is 1. The topological polar surface area (TPSA) is 60.2 Å². The van der Waals surface area contributed by atoms with Gasteiger partial charge < -0.3 is 10.2 Å². The van der Waals surface area contributed by atoms with Crippen LogP contribution in [0.1, 0.15) is 25.3 Å². The molecular formula is C13H17N3O. The minimum Gasteiger partial charge on any atom is -0.497 e. The molecule has 0 spiro atoms. The number of rotatable bonds is 3. The van der Waals surface area contributed by atoms with Gasteiger partial charge in [-0.25, -0.2) is 10.8 Å². The molecule has 1 aromatic heterocycles. The van der Waals surface area contributed by atoms with Crippen molar-refractivity contribution in [2.75, 3.05) is 12.5 Å². The zero-order valence-electron chi connectivity index (χ0n) is 10.3. The molecule has 0 bridgehead atoms. The number of hydrazine groups is 1. The summed E-state index contributed by atoms with van der Waals surface area (Å²) in [4.78, 5) is 4.51. The second-order valence-corrected chi connectivity index (χ2v) is 4.28. The fourth-order valence-electron chi connectivity index (χ4n) is 1.85. The second-order valence-electron chi connectivity index (χ2n) is 4.28. The highest BCUT2D eigenvalue weighted by Crippen LogP contribution is 2.28. The smallest absolute Gasteiger partial charge is 0.144 e. The largest absolute Gasteiger partial charge is 0.497 e. The van der Waals surface area contributed by atoms with Crippen LogP contribution in [0.4, 0.5) is 5.82 Å². The Bertz CT molecular complexity index is 537. The number of nitrogens with one attached hydrogen (secondary N) is 1. The summed E-state index contributed by atoms with van der Waals surface area (Å²) in [5, 5.41) is 1.09. The lowest BCUT2D eigenvalue weighted by atomic mass is 10.0. The number of ether oxygens (including phenoxy) is 1. The number of pyridine rings is 1. The predicted molar refractivity (Wildman–Crippen MR) is 70.2 cm³/mol. The summed E-state index contributed by atoms with van der Waals surface area (Å²) in [7, 11) is 1.64. The van der Waals surface area contributed by atoms with Crippen molar-refractivity contribution in [1.82, 2.24) is 4.98 Å². The molecule has 4 heteroatoms. The summed E-state index contributed by atoms with van der Waals surface area (Å²) in [6, 6.07) is 7.96. The van der Waals surface area contributed by atoms with Crippen molar-refractivity contribution in [3.63, 3.8) is 0 Å². The molecule has 1 aromatic carbocycles.